The third-order valence-electron chi connectivity index (χ3n) is 5.50. The lowest BCUT2D eigenvalue weighted by Crippen LogP contribution is -3.12. The molecule has 0 aliphatic carbocycles. The Balaban J connectivity index is 0.000000985. The molecule has 0 amide bonds. The average Bonchev–Trinajstić information content (AvgIpc) is 2.92. The van der Waals surface area contributed by atoms with Gasteiger partial charge in [-0.3, -0.25) is 0 Å². The lowest BCUT2D eigenvalue weighted by atomic mass is 10.1. The molecule has 1 aromatic heterocycles. The number of quaternary nitrogens is 1. The first kappa shape index (κ1) is 35.2. The van der Waals surface area contributed by atoms with Crippen LogP contribution in [0.25, 0.3) is 10.9 Å². The number of aryl methyl sites for hydroxylation is 1. The number of para-hydroxylation sites is 1. The normalized spacial score (nSPS) is 10.4. The van der Waals surface area contributed by atoms with Crippen LogP contribution >= 0.6 is 0 Å². The van der Waals surface area contributed by atoms with E-state index in [1.807, 2.05) is 36.4 Å². The number of aromatic nitrogens is 2. The quantitative estimate of drug-likeness (QED) is 0.214. The largest absolute Gasteiger partial charge is 0.539 e. The highest BCUT2D eigenvalue weighted by molar-refractivity contribution is 6.26. The van der Waals surface area contributed by atoms with E-state index in [2.05, 4.69) is 24.0 Å². The van der Waals surface area contributed by atoms with Crippen LogP contribution in [-0.4, -0.2) is 70.9 Å². The summed E-state index contributed by atoms with van der Waals surface area (Å²) in [5.41, 5.74) is 2.31. The molecule has 0 radical (unpaired) electrons. The Morgan fingerprint density at radius 2 is 1.50 bits per heavy atom. The van der Waals surface area contributed by atoms with E-state index in [9.17, 15) is 4.79 Å². The number of aliphatic carboxylic acids is 4. The second-order valence-electron chi connectivity index (χ2n) is 8.06. The van der Waals surface area contributed by atoms with Crippen LogP contribution in [0.15, 0.2) is 59.7 Å². The van der Waals surface area contributed by atoms with E-state index in [-0.39, 0.29) is 11.0 Å². The van der Waals surface area contributed by atoms with Crippen LogP contribution in [0.1, 0.15) is 18.9 Å². The monoisotopic (exact) mass is 563 g/mol. The van der Waals surface area contributed by atoms with E-state index < -0.39 is 23.9 Å². The van der Waals surface area contributed by atoms with E-state index >= 15 is 0 Å². The summed E-state index contributed by atoms with van der Waals surface area (Å²) in [6.07, 6.45) is 3.84. The number of fused-ring (bicyclic) bond motifs is 1. The highest BCUT2D eigenvalue weighted by atomic mass is 16.5. The molecule has 14 heteroatoms. The SMILES string of the molecule is CC[NH+](CCCn1c[nH+]c2ccccc2c1=O)CCc1ccc(OC)cc1.O.O=C([O-])C(=O)O.O=C([O-])C(=O)O. The Labute approximate surface area is 229 Å². The van der Waals surface area contributed by atoms with Crippen LogP contribution < -0.4 is 30.4 Å². The number of nitrogens with one attached hydrogen (secondary N) is 2. The number of nitrogens with zero attached hydrogens (tertiary/aromatic N) is 1. The summed E-state index contributed by atoms with van der Waals surface area (Å²) < 4.78 is 7.00. The summed E-state index contributed by atoms with van der Waals surface area (Å²) in [4.78, 5) is 53.4. The molecule has 0 saturated carbocycles. The molecule has 2 aromatic carbocycles. The minimum absolute atomic E-state index is 0. The van der Waals surface area contributed by atoms with Crippen molar-refractivity contribution in [1.29, 1.82) is 0 Å². The summed E-state index contributed by atoms with van der Waals surface area (Å²) in [5, 5.41) is 33.4. The van der Waals surface area contributed by atoms with E-state index in [0.717, 1.165) is 55.7 Å². The molecule has 0 aliphatic rings. The molecule has 6 N–H and O–H groups in total. The summed E-state index contributed by atoms with van der Waals surface area (Å²) in [5.74, 6) is -7.12. The van der Waals surface area contributed by atoms with Gasteiger partial charge < -0.3 is 45.1 Å². The van der Waals surface area contributed by atoms with Gasteiger partial charge in [0.25, 0.3) is 0 Å². The molecule has 14 nitrogen and oxygen atoms in total. The third-order valence-corrected chi connectivity index (χ3v) is 5.50. The molecule has 40 heavy (non-hydrogen) atoms. The second-order valence-corrected chi connectivity index (χ2v) is 8.06. The molecule has 1 heterocycles. The number of ether oxygens (including phenoxy) is 1. The fraction of sp³-hybridized carbons (Fsp3) is 0.308. The molecular formula is C26H33N3O11. The van der Waals surface area contributed by atoms with Crippen molar-refractivity contribution in [3.8, 4) is 5.75 Å². The van der Waals surface area contributed by atoms with E-state index in [1.165, 1.54) is 5.56 Å². The Kier molecular flexibility index (Phi) is 16.2. The number of rotatable bonds is 9. The molecule has 0 bridgehead atoms. The highest BCUT2D eigenvalue weighted by Crippen LogP contribution is 2.11. The summed E-state index contributed by atoms with van der Waals surface area (Å²) in [6.45, 7) is 6.22. The Morgan fingerprint density at radius 3 is 2.00 bits per heavy atom. The van der Waals surface area contributed by atoms with Crippen molar-refractivity contribution in [2.45, 2.75) is 26.3 Å². The van der Waals surface area contributed by atoms with Crippen molar-refractivity contribution in [2.75, 3.05) is 26.7 Å². The smallest absolute Gasteiger partial charge is 0.351 e. The van der Waals surface area contributed by atoms with Crippen molar-refractivity contribution in [3.63, 3.8) is 0 Å². The molecule has 218 valence electrons. The van der Waals surface area contributed by atoms with Crippen LogP contribution in [-0.2, 0) is 32.1 Å². The highest BCUT2D eigenvalue weighted by Gasteiger charge is 2.11. The number of carboxylic acids is 4. The summed E-state index contributed by atoms with van der Waals surface area (Å²) in [6, 6.07) is 16.0. The number of carbonyl (C=O) groups excluding carboxylic acids is 2. The number of benzene rings is 2. The van der Waals surface area contributed by atoms with Gasteiger partial charge in [0.15, 0.2) is 11.9 Å². The standard InChI is InChI=1S/C22H27N3O2.2C2H2O4.H2O/c1-3-24(16-13-18-9-11-19(27-2)12-10-18)14-6-15-25-17-23-21-8-5-4-7-20(21)22(25)26;2*3-1(4)2(5)6;/h4-5,7-12,17H,3,6,13-16H2,1-2H3;2*(H,3,4)(H,5,6);1H2. The van der Waals surface area contributed by atoms with Crippen molar-refractivity contribution in [3.05, 3.63) is 70.8 Å². The van der Waals surface area contributed by atoms with Crippen LogP contribution in [0.2, 0.25) is 0 Å². The first-order valence-electron chi connectivity index (χ1n) is 11.8. The Hall–Kier alpha value is -4.82. The van der Waals surface area contributed by atoms with Gasteiger partial charge in [0.05, 0.1) is 33.3 Å². The van der Waals surface area contributed by atoms with Gasteiger partial charge in [0.2, 0.25) is 6.33 Å². The molecule has 3 aromatic rings. The number of carbonyl (C=O) groups is 4. The number of aromatic amines is 1. The zero-order chi connectivity index (χ0) is 29.4. The fourth-order valence-corrected chi connectivity index (χ4v) is 3.41. The van der Waals surface area contributed by atoms with Crippen LogP contribution in [0.5, 0.6) is 5.75 Å². The number of methoxy groups -OCH3 is 1. The fourth-order valence-electron chi connectivity index (χ4n) is 3.41. The van der Waals surface area contributed by atoms with Gasteiger partial charge in [0, 0.05) is 12.8 Å². The van der Waals surface area contributed by atoms with Crippen molar-refractivity contribution in [2.24, 2.45) is 0 Å². The first-order valence-corrected chi connectivity index (χ1v) is 11.8. The van der Waals surface area contributed by atoms with Crippen molar-refractivity contribution in [1.82, 2.24) is 4.57 Å². The third kappa shape index (κ3) is 12.6. The van der Waals surface area contributed by atoms with Crippen LogP contribution in [0, 0.1) is 0 Å². The maximum atomic E-state index is 12.6. The number of H-pyrrole nitrogens is 1. The van der Waals surface area contributed by atoms with E-state index in [4.69, 9.17) is 44.3 Å². The van der Waals surface area contributed by atoms with Gasteiger partial charge in [0.1, 0.15) is 16.7 Å². The van der Waals surface area contributed by atoms with Gasteiger partial charge >= 0.3 is 17.5 Å². The first-order chi connectivity index (χ1) is 18.5. The molecule has 1 unspecified atom stereocenters. The molecular weight excluding hydrogens is 530 g/mol. The Morgan fingerprint density at radius 1 is 0.950 bits per heavy atom. The maximum absolute atomic E-state index is 12.6. The lowest BCUT2D eigenvalue weighted by Gasteiger charge is -2.17. The topological polar surface area (TPSA) is 236 Å². The number of hydrogen-bond acceptors (Lipinski definition) is 8. The van der Waals surface area contributed by atoms with Crippen LogP contribution in [0.4, 0.5) is 0 Å². The van der Waals surface area contributed by atoms with Gasteiger partial charge in [-0.25, -0.2) is 19.4 Å². The molecule has 1 atom stereocenters. The lowest BCUT2D eigenvalue weighted by molar-refractivity contribution is -0.898. The van der Waals surface area contributed by atoms with E-state index in [1.54, 1.807) is 22.9 Å². The molecule has 0 saturated heterocycles. The molecule has 0 aliphatic heterocycles. The predicted octanol–water partition coefficient (Wildman–Crippen LogP) is -3.82. The molecule has 3 rings (SSSR count). The molecule has 0 fully saturated rings. The zero-order valence-corrected chi connectivity index (χ0v) is 22.0. The maximum Gasteiger partial charge on any atom is 0.351 e. The second kappa shape index (κ2) is 18.4. The van der Waals surface area contributed by atoms with Gasteiger partial charge in [-0.15, -0.1) is 0 Å². The zero-order valence-electron chi connectivity index (χ0n) is 22.0. The summed E-state index contributed by atoms with van der Waals surface area (Å²) in [7, 11) is 1.69. The molecule has 0 spiro atoms. The number of hydrogen-bond donors (Lipinski definition) is 3. The van der Waals surface area contributed by atoms with Gasteiger partial charge in [-0.1, -0.05) is 24.3 Å². The summed E-state index contributed by atoms with van der Waals surface area (Å²) >= 11 is 0. The predicted molar refractivity (Wildman–Crippen MR) is 136 cm³/mol. The number of carboxylic acid groups (broad SMARTS) is 4. The van der Waals surface area contributed by atoms with Crippen molar-refractivity contribution < 1.29 is 59.7 Å². The minimum Gasteiger partial charge on any atom is -0.539 e. The van der Waals surface area contributed by atoms with Crippen molar-refractivity contribution >= 4 is 34.8 Å². The van der Waals surface area contributed by atoms with E-state index in [0.29, 0.717) is 0 Å². The minimum atomic E-state index is -2.07. The average molecular weight is 564 g/mol. The Bertz CT molecular complexity index is 1260. The van der Waals surface area contributed by atoms with Crippen LogP contribution in [0.3, 0.4) is 0 Å². The van der Waals surface area contributed by atoms with Gasteiger partial charge in [-0.2, -0.15) is 4.57 Å². The van der Waals surface area contributed by atoms with Gasteiger partial charge in [-0.05, 0) is 36.8 Å². The number of likely N-dealkylation sites (N-methyl/N-ethyl adjacent to an activating group) is 1.